The fraction of sp³-hybridized carbons (Fsp3) is 0.476. The van der Waals surface area contributed by atoms with Crippen LogP contribution in [0.4, 0.5) is 0 Å². The highest BCUT2D eigenvalue weighted by Crippen LogP contribution is 2.10. The molecule has 1 fully saturated rings. The summed E-state index contributed by atoms with van der Waals surface area (Å²) in [6.07, 6.45) is 0.941. The fourth-order valence-corrected chi connectivity index (χ4v) is 3.32. The summed E-state index contributed by atoms with van der Waals surface area (Å²) < 4.78 is 10.4. The third kappa shape index (κ3) is 6.20. The summed E-state index contributed by atoms with van der Waals surface area (Å²) in [6.45, 7) is 7.42. The first-order valence-electron chi connectivity index (χ1n) is 9.59. The Morgan fingerprint density at radius 2 is 1.81 bits per heavy atom. The van der Waals surface area contributed by atoms with Crippen molar-refractivity contribution in [2.24, 2.45) is 0 Å². The van der Waals surface area contributed by atoms with Gasteiger partial charge in [-0.25, -0.2) is 0 Å². The van der Waals surface area contributed by atoms with Crippen LogP contribution in [0.2, 0.25) is 0 Å². The van der Waals surface area contributed by atoms with E-state index in [9.17, 15) is 4.79 Å². The molecule has 146 valence electrons. The van der Waals surface area contributed by atoms with E-state index in [4.69, 9.17) is 9.15 Å². The number of furan rings is 1. The van der Waals surface area contributed by atoms with Gasteiger partial charge in [-0.05, 0) is 30.7 Å². The van der Waals surface area contributed by atoms with Crippen molar-refractivity contribution in [3.8, 4) is 0 Å². The molecule has 6 nitrogen and oxygen atoms in total. The minimum Gasteiger partial charge on any atom is -0.453 e. The van der Waals surface area contributed by atoms with Crippen LogP contribution in [-0.4, -0.2) is 62.1 Å². The minimum atomic E-state index is -0.162. The number of nitrogens with zero attached hydrogens (tertiary/aromatic N) is 2. The van der Waals surface area contributed by atoms with Crippen molar-refractivity contribution in [1.82, 2.24) is 15.1 Å². The van der Waals surface area contributed by atoms with E-state index < -0.39 is 0 Å². The molecule has 1 N–H and O–H groups in total. The number of carbonyl (C=O) groups excluding carboxylic acids is 1. The molecule has 0 saturated carbocycles. The third-order valence-electron chi connectivity index (χ3n) is 4.82. The van der Waals surface area contributed by atoms with E-state index in [2.05, 4.69) is 45.4 Å². The second-order valence-electron chi connectivity index (χ2n) is 6.91. The van der Waals surface area contributed by atoms with Gasteiger partial charge in [0.2, 0.25) is 0 Å². The number of piperazine rings is 1. The number of nitrogens with one attached hydrogen (secondary N) is 1. The second-order valence-corrected chi connectivity index (χ2v) is 6.91. The first-order valence-corrected chi connectivity index (χ1v) is 9.59. The van der Waals surface area contributed by atoms with E-state index in [-0.39, 0.29) is 5.91 Å². The number of benzene rings is 1. The van der Waals surface area contributed by atoms with Crippen molar-refractivity contribution >= 4 is 5.91 Å². The number of hydrogen-bond donors (Lipinski definition) is 1. The molecular formula is C21H29N3O3. The van der Waals surface area contributed by atoms with Crippen LogP contribution in [0.1, 0.15) is 28.3 Å². The van der Waals surface area contributed by atoms with E-state index in [0.717, 1.165) is 45.7 Å². The maximum Gasteiger partial charge on any atom is 0.286 e. The van der Waals surface area contributed by atoms with Gasteiger partial charge in [0.15, 0.2) is 5.76 Å². The highest BCUT2D eigenvalue weighted by atomic mass is 16.5. The van der Waals surface area contributed by atoms with Crippen molar-refractivity contribution in [1.29, 1.82) is 0 Å². The molecule has 27 heavy (non-hydrogen) atoms. The van der Waals surface area contributed by atoms with E-state index in [1.165, 1.54) is 5.56 Å². The molecule has 0 spiro atoms. The largest absolute Gasteiger partial charge is 0.453 e. The number of carbonyl (C=O) groups is 1. The van der Waals surface area contributed by atoms with Gasteiger partial charge in [-0.1, -0.05) is 30.3 Å². The quantitative estimate of drug-likeness (QED) is 0.686. The molecule has 1 aromatic carbocycles. The average molecular weight is 371 g/mol. The summed E-state index contributed by atoms with van der Waals surface area (Å²) in [5, 5.41) is 2.92. The molecule has 0 unspecified atom stereocenters. The molecule has 2 heterocycles. The molecular weight excluding hydrogens is 342 g/mol. The van der Waals surface area contributed by atoms with Crippen molar-refractivity contribution in [3.05, 3.63) is 59.5 Å². The van der Waals surface area contributed by atoms with Gasteiger partial charge in [-0.3, -0.25) is 9.69 Å². The average Bonchev–Trinajstić information content (AvgIpc) is 3.16. The Hall–Kier alpha value is -2.15. The molecule has 1 saturated heterocycles. The molecule has 1 aliphatic rings. The maximum atomic E-state index is 12.1. The monoisotopic (exact) mass is 371 g/mol. The molecule has 0 bridgehead atoms. The lowest BCUT2D eigenvalue weighted by atomic mass is 10.2. The van der Waals surface area contributed by atoms with Crippen LogP contribution >= 0.6 is 0 Å². The predicted octanol–water partition coefficient (Wildman–Crippen LogP) is 2.36. The lowest BCUT2D eigenvalue weighted by Gasteiger charge is -2.34. The van der Waals surface area contributed by atoms with Crippen LogP contribution in [0.3, 0.4) is 0 Å². The van der Waals surface area contributed by atoms with Crippen LogP contribution in [0, 0.1) is 0 Å². The molecule has 1 amide bonds. The zero-order valence-corrected chi connectivity index (χ0v) is 16.0. The zero-order chi connectivity index (χ0) is 18.9. The van der Waals surface area contributed by atoms with Crippen molar-refractivity contribution in [3.63, 3.8) is 0 Å². The first-order chi connectivity index (χ1) is 13.2. The number of amides is 1. The summed E-state index contributed by atoms with van der Waals surface area (Å²) in [5.41, 5.74) is 1.38. The number of rotatable bonds is 9. The van der Waals surface area contributed by atoms with Crippen LogP contribution in [0.25, 0.3) is 0 Å². The van der Waals surface area contributed by atoms with Gasteiger partial charge in [-0.15, -0.1) is 0 Å². The highest BCUT2D eigenvalue weighted by Gasteiger charge is 2.17. The molecule has 3 rings (SSSR count). The highest BCUT2D eigenvalue weighted by molar-refractivity contribution is 5.91. The summed E-state index contributed by atoms with van der Waals surface area (Å²) in [7, 11) is 1.60. The summed E-state index contributed by atoms with van der Waals surface area (Å²) in [6, 6.07) is 14.1. The Morgan fingerprint density at radius 1 is 1.07 bits per heavy atom. The lowest BCUT2D eigenvalue weighted by molar-refractivity contribution is 0.0911. The second kappa shape index (κ2) is 10.3. The number of ether oxygens (including phenoxy) is 1. The molecule has 2 aromatic rings. The molecule has 0 atom stereocenters. The van der Waals surface area contributed by atoms with Crippen molar-refractivity contribution < 1.29 is 13.9 Å². The minimum absolute atomic E-state index is 0.162. The molecule has 0 radical (unpaired) electrons. The standard InChI is InChI=1S/C21H29N3O3/c1-26-17-19-8-9-20(27-19)21(25)22-10-5-11-23-12-14-24(15-13-23)16-18-6-3-2-4-7-18/h2-4,6-9H,5,10-17H2,1H3,(H,22,25). The number of methoxy groups -OCH3 is 1. The van der Waals surface area contributed by atoms with Crippen LogP contribution in [-0.2, 0) is 17.9 Å². The molecule has 1 aliphatic heterocycles. The third-order valence-corrected chi connectivity index (χ3v) is 4.82. The number of hydrogen-bond acceptors (Lipinski definition) is 5. The topological polar surface area (TPSA) is 58.0 Å². The van der Waals surface area contributed by atoms with E-state index in [1.807, 2.05) is 0 Å². The lowest BCUT2D eigenvalue weighted by Crippen LogP contribution is -2.46. The molecule has 0 aliphatic carbocycles. The van der Waals surface area contributed by atoms with Gasteiger partial charge in [0.25, 0.3) is 5.91 Å². The van der Waals surface area contributed by atoms with Crippen LogP contribution in [0.15, 0.2) is 46.9 Å². The van der Waals surface area contributed by atoms with Gasteiger partial charge < -0.3 is 19.4 Å². The fourth-order valence-electron chi connectivity index (χ4n) is 3.32. The SMILES string of the molecule is COCc1ccc(C(=O)NCCCN2CCN(Cc3ccccc3)CC2)o1. The Kier molecular flexibility index (Phi) is 7.45. The molecule has 1 aromatic heterocycles. The van der Waals surface area contributed by atoms with E-state index in [0.29, 0.717) is 24.7 Å². The van der Waals surface area contributed by atoms with Crippen molar-refractivity contribution in [2.75, 3.05) is 46.4 Å². The Labute approximate surface area is 161 Å². The van der Waals surface area contributed by atoms with Gasteiger partial charge in [0.05, 0.1) is 0 Å². The van der Waals surface area contributed by atoms with Crippen LogP contribution < -0.4 is 5.32 Å². The van der Waals surface area contributed by atoms with Gasteiger partial charge in [-0.2, -0.15) is 0 Å². The Bertz CT molecular complexity index is 694. The van der Waals surface area contributed by atoms with E-state index in [1.54, 1.807) is 19.2 Å². The Morgan fingerprint density at radius 3 is 2.56 bits per heavy atom. The van der Waals surface area contributed by atoms with E-state index >= 15 is 0 Å². The summed E-state index contributed by atoms with van der Waals surface area (Å²) in [5.74, 6) is 0.845. The maximum absolute atomic E-state index is 12.1. The van der Waals surface area contributed by atoms with Crippen molar-refractivity contribution in [2.45, 2.75) is 19.6 Å². The van der Waals surface area contributed by atoms with Gasteiger partial charge in [0, 0.05) is 46.4 Å². The summed E-state index contributed by atoms with van der Waals surface area (Å²) in [4.78, 5) is 17.0. The van der Waals surface area contributed by atoms with Gasteiger partial charge in [0.1, 0.15) is 12.4 Å². The first kappa shape index (κ1) is 19.6. The molecule has 6 heteroatoms. The summed E-state index contributed by atoms with van der Waals surface area (Å²) >= 11 is 0. The smallest absolute Gasteiger partial charge is 0.286 e. The Balaban J connectivity index is 1.29. The normalized spacial score (nSPS) is 15.7. The zero-order valence-electron chi connectivity index (χ0n) is 16.0. The van der Waals surface area contributed by atoms with Crippen LogP contribution in [0.5, 0.6) is 0 Å². The van der Waals surface area contributed by atoms with Gasteiger partial charge >= 0.3 is 0 Å². The predicted molar refractivity (Wildman–Crippen MR) is 105 cm³/mol.